The standard InChI is InChI=1S/C30H31N7O3/c1-20-8-9-22(29(38)34-27-16-26(40-35-27)30(2,3)4)15-21(20)10-11-24-18-31-28-25(7-6-12-37(24)28)33-23-17-32-36(19-23)13-14-39-5/h6-9,12,15-19,33H,13-14H2,1-5H3,(H,34,35,38). The van der Waals surface area contributed by atoms with Crippen LogP contribution in [0.15, 0.2) is 65.7 Å². The first-order valence-corrected chi connectivity index (χ1v) is 12.9. The van der Waals surface area contributed by atoms with Crippen LogP contribution in [0.3, 0.4) is 0 Å². The second-order valence-corrected chi connectivity index (χ2v) is 10.4. The summed E-state index contributed by atoms with van der Waals surface area (Å²) in [6, 6.07) is 11.1. The van der Waals surface area contributed by atoms with E-state index in [9.17, 15) is 4.79 Å². The van der Waals surface area contributed by atoms with E-state index in [-0.39, 0.29) is 11.3 Å². The minimum Gasteiger partial charge on any atom is -0.383 e. The SMILES string of the molecule is COCCn1cc(Nc2cccn3c(C#Cc4cc(C(=O)Nc5cc(C(C)(C)C)on5)ccc4C)cnc23)cn1. The Kier molecular flexibility index (Phi) is 7.40. The molecule has 0 aliphatic rings. The molecular formula is C30H31N7O3. The zero-order chi connectivity index (χ0) is 28.3. The summed E-state index contributed by atoms with van der Waals surface area (Å²) in [4.78, 5) is 17.5. The Labute approximate surface area is 232 Å². The lowest BCUT2D eigenvalue weighted by atomic mass is 9.93. The lowest BCUT2D eigenvalue weighted by molar-refractivity contribution is 0.102. The number of hydrogen-bond acceptors (Lipinski definition) is 7. The van der Waals surface area contributed by atoms with Gasteiger partial charge in [-0.25, -0.2) is 4.98 Å². The number of amides is 1. The molecule has 5 rings (SSSR count). The largest absolute Gasteiger partial charge is 0.383 e. The summed E-state index contributed by atoms with van der Waals surface area (Å²) in [5, 5.41) is 14.5. The fourth-order valence-corrected chi connectivity index (χ4v) is 4.00. The van der Waals surface area contributed by atoms with E-state index in [1.165, 1.54) is 0 Å². The van der Waals surface area contributed by atoms with Gasteiger partial charge in [0.2, 0.25) is 0 Å². The molecule has 1 aromatic carbocycles. The number of aryl methyl sites for hydroxylation is 1. The Morgan fingerprint density at radius 1 is 1.15 bits per heavy atom. The molecule has 0 aliphatic heterocycles. The number of nitrogens with one attached hydrogen (secondary N) is 2. The predicted octanol–water partition coefficient (Wildman–Crippen LogP) is 5.17. The molecule has 2 N–H and O–H groups in total. The van der Waals surface area contributed by atoms with Crippen LogP contribution in [0.5, 0.6) is 0 Å². The zero-order valence-electron chi connectivity index (χ0n) is 23.1. The molecule has 0 atom stereocenters. The van der Waals surface area contributed by atoms with Crippen LogP contribution in [-0.2, 0) is 16.7 Å². The van der Waals surface area contributed by atoms with Gasteiger partial charge < -0.3 is 19.9 Å². The molecular weight excluding hydrogens is 506 g/mol. The van der Waals surface area contributed by atoms with E-state index in [1.54, 1.807) is 37.7 Å². The number of nitrogens with zero attached hydrogens (tertiary/aromatic N) is 5. The molecule has 0 radical (unpaired) electrons. The normalized spacial score (nSPS) is 11.3. The maximum Gasteiger partial charge on any atom is 0.256 e. The van der Waals surface area contributed by atoms with Gasteiger partial charge in [0.25, 0.3) is 5.91 Å². The van der Waals surface area contributed by atoms with Crippen molar-refractivity contribution in [2.24, 2.45) is 0 Å². The molecule has 0 fully saturated rings. The highest BCUT2D eigenvalue weighted by molar-refractivity contribution is 6.04. The van der Waals surface area contributed by atoms with Crippen molar-refractivity contribution in [2.45, 2.75) is 39.7 Å². The number of imidazole rings is 1. The number of ether oxygens (including phenoxy) is 1. The lowest BCUT2D eigenvalue weighted by Gasteiger charge is -2.12. The topological polar surface area (TPSA) is 112 Å². The van der Waals surface area contributed by atoms with Gasteiger partial charge in [0.05, 0.1) is 36.9 Å². The molecule has 0 spiro atoms. The number of methoxy groups -OCH3 is 1. The molecule has 0 bridgehead atoms. The molecule has 4 heterocycles. The van der Waals surface area contributed by atoms with E-state index in [4.69, 9.17) is 9.26 Å². The van der Waals surface area contributed by atoms with Crippen molar-refractivity contribution in [3.05, 3.63) is 89.3 Å². The van der Waals surface area contributed by atoms with Crippen molar-refractivity contribution in [1.29, 1.82) is 0 Å². The fraction of sp³-hybridized carbons (Fsp3) is 0.267. The first kappa shape index (κ1) is 26.7. The summed E-state index contributed by atoms with van der Waals surface area (Å²) in [5.41, 5.74) is 5.13. The van der Waals surface area contributed by atoms with E-state index in [0.717, 1.165) is 33.8 Å². The number of benzene rings is 1. The Morgan fingerprint density at radius 2 is 2.00 bits per heavy atom. The van der Waals surface area contributed by atoms with Gasteiger partial charge in [-0.15, -0.1) is 0 Å². The monoisotopic (exact) mass is 537 g/mol. The summed E-state index contributed by atoms with van der Waals surface area (Å²) >= 11 is 0. The molecule has 0 saturated carbocycles. The van der Waals surface area contributed by atoms with Crippen LogP contribution in [0.4, 0.5) is 17.2 Å². The van der Waals surface area contributed by atoms with Gasteiger partial charge in [0, 0.05) is 42.1 Å². The van der Waals surface area contributed by atoms with Crippen LogP contribution in [0.25, 0.3) is 5.65 Å². The van der Waals surface area contributed by atoms with Gasteiger partial charge >= 0.3 is 0 Å². The van der Waals surface area contributed by atoms with Gasteiger partial charge in [-0.1, -0.05) is 37.9 Å². The number of carbonyl (C=O) groups excluding carboxylic acids is 1. The van der Waals surface area contributed by atoms with Gasteiger partial charge in [0.15, 0.2) is 11.5 Å². The van der Waals surface area contributed by atoms with Crippen LogP contribution in [0.1, 0.15) is 53.7 Å². The van der Waals surface area contributed by atoms with Crippen molar-refractivity contribution < 1.29 is 14.1 Å². The number of rotatable bonds is 7. The van der Waals surface area contributed by atoms with Crippen molar-refractivity contribution in [2.75, 3.05) is 24.4 Å². The third kappa shape index (κ3) is 5.90. The smallest absolute Gasteiger partial charge is 0.256 e. The summed E-state index contributed by atoms with van der Waals surface area (Å²) in [6.07, 6.45) is 7.34. The molecule has 204 valence electrons. The molecule has 5 aromatic rings. The summed E-state index contributed by atoms with van der Waals surface area (Å²) in [6.45, 7) is 9.28. The first-order valence-electron chi connectivity index (χ1n) is 12.9. The molecule has 1 amide bonds. The van der Waals surface area contributed by atoms with Crippen molar-refractivity contribution >= 4 is 28.7 Å². The highest BCUT2D eigenvalue weighted by atomic mass is 16.5. The number of fused-ring (bicyclic) bond motifs is 1. The third-order valence-corrected chi connectivity index (χ3v) is 6.29. The van der Waals surface area contributed by atoms with Crippen LogP contribution in [0.2, 0.25) is 0 Å². The van der Waals surface area contributed by atoms with E-state index in [2.05, 4.69) is 37.7 Å². The van der Waals surface area contributed by atoms with E-state index >= 15 is 0 Å². The average molecular weight is 538 g/mol. The number of hydrogen-bond donors (Lipinski definition) is 2. The summed E-state index contributed by atoms with van der Waals surface area (Å²) in [5.74, 6) is 7.21. The third-order valence-electron chi connectivity index (χ3n) is 6.29. The van der Waals surface area contributed by atoms with Crippen molar-refractivity contribution in [3.63, 3.8) is 0 Å². The van der Waals surface area contributed by atoms with E-state index in [1.807, 2.05) is 67.4 Å². The van der Waals surface area contributed by atoms with Crippen LogP contribution < -0.4 is 10.6 Å². The van der Waals surface area contributed by atoms with Gasteiger partial charge in [-0.2, -0.15) is 5.10 Å². The molecule has 0 unspecified atom stereocenters. The minimum absolute atomic E-state index is 0.204. The highest BCUT2D eigenvalue weighted by Crippen LogP contribution is 2.25. The zero-order valence-corrected chi connectivity index (χ0v) is 23.1. The van der Waals surface area contributed by atoms with Crippen molar-refractivity contribution in [1.82, 2.24) is 24.3 Å². The molecule has 4 aromatic heterocycles. The summed E-state index contributed by atoms with van der Waals surface area (Å²) < 4.78 is 14.2. The molecule has 0 aliphatic carbocycles. The first-order chi connectivity index (χ1) is 19.2. The van der Waals surface area contributed by atoms with Crippen LogP contribution in [-0.4, -0.2) is 43.9 Å². The molecule has 0 saturated heterocycles. The quantitative estimate of drug-likeness (QED) is 0.276. The fourth-order valence-electron chi connectivity index (χ4n) is 4.00. The Morgan fingerprint density at radius 3 is 2.77 bits per heavy atom. The Hall–Kier alpha value is -4.88. The van der Waals surface area contributed by atoms with Crippen LogP contribution >= 0.6 is 0 Å². The molecule has 10 nitrogen and oxygen atoms in total. The number of aromatic nitrogens is 5. The number of carbonyl (C=O) groups is 1. The highest BCUT2D eigenvalue weighted by Gasteiger charge is 2.20. The second-order valence-electron chi connectivity index (χ2n) is 10.4. The number of pyridine rings is 1. The van der Waals surface area contributed by atoms with Gasteiger partial charge in [-0.3, -0.25) is 13.9 Å². The van der Waals surface area contributed by atoms with Gasteiger partial charge in [-0.05, 0) is 42.7 Å². The Balaban J connectivity index is 1.35. The molecule has 10 heteroatoms. The predicted molar refractivity (Wildman–Crippen MR) is 153 cm³/mol. The lowest BCUT2D eigenvalue weighted by Crippen LogP contribution is -2.13. The van der Waals surface area contributed by atoms with E-state index < -0.39 is 0 Å². The van der Waals surface area contributed by atoms with E-state index in [0.29, 0.717) is 30.3 Å². The van der Waals surface area contributed by atoms with Gasteiger partial charge in [0.1, 0.15) is 11.5 Å². The maximum absolute atomic E-state index is 12.9. The second kappa shape index (κ2) is 11.1. The van der Waals surface area contributed by atoms with Crippen LogP contribution in [0, 0.1) is 18.8 Å². The van der Waals surface area contributed by atoms with Crippen molar-refractivity contribution in [3.8, 4) is 11.8 Å². The summed E-state index contributed by atoms with van der Waals surface area (Å²) in [7, 11) is 1.67. The molecule has 40 heavy (non-hydrogen) atoms. The Bertz CT molecular complexity index is 1730. The maximum atomic E-state index is 12.9. The minimum atomic E-state index is -0.284. The average Bonchev–Trinajstić information content (AvgIpc) is 3.67. The number of anilines is 3.